The van der Waals surface area contributed by atoms with Gasteiger partial charge in [-0.15, -0.1) is 31.2 Å². The third-order valence-corrected chi connectivity index (χ3v) is 21.6. The summed E-state index contributed by atoms with van der Waals surface area (Å²) in [5, 5.41) is 6.73. The average molecular weight is 1870 g/mol. The molecular formula is C97H83Br3Cl2F4N12O4. The normalized spacial score (nSPS) is 13.0. The lowest BCUT2D eigenvalue weighted by Gasteiger charge is -2.29. The number of nitrogens with one attached hydrogen (secondary N) is 1. The van der Waals surface area contributed by atoms with Crippen LogP contribution in [0, 0.1) is 53.5 Å². The molecule has 0 bridgehead atoms. The Labute approximate surface area is 742 Å². The highest BCUT2D eigenvalue weighted by Crippen LogP contribution is 2.24. The summed E-state index contributed by atoms with van der Waals surface area (Å²) in [4.78, 5) is 76.5. The Kier molecular flexibility index (Phi) is 32.8. The molecule has 0 spiro atoms. The van der Waals surface area contributed by atoms with Gasteiger partial charge in [-0.25, -0.2) is 33.1 Å². The molecule has 618 valence electrons. The first-order valence-corrected chi connectivity index (χ1v) is 41.3. The summed E-state index contributed by atoms with van der Waals surface area (Å²) in [6.45, 7) is 11.1. The Morgan fingerprint density at radius 2 is 0.680 bits per heavy atom. The number of nitrogens with zero attached hydrogens (tertiary/aromatic N) is 11. The monoisotopic (exact) mass is 1860 g/mol. The summed E-state index contributed by atoms with van der Waals surface area (Å²) < 4.78 is 63.5. The molecule has 8 heterocycles. The Morgan fingerprint density at radius 3 is 1.01 bits per heavy atom. The number of rotatable bonds is 7. The average Bonchev–Trinajstić information content (AvgIpc) is 0.789. The fourth-order valence-electron chi connectivity index (χ4n) is 14.0. The van der Waals surface area contributed by atoms with E-state index in [-0.39, 0.29) is 64.5 Å². The van der Waals surface area contributed by atoms with E-state index in [2.05, 4.69) is 163 Å². The molecule has 16 nitrogen and oxygen atoms in total. The molecule has 4 aromatic heterocycles. The van der Waals surface area contributed by atoms with Crippen molar-refractivity contribution in [3.05, 3.63) is 408 Å². The Morgan fingerprint density at radius 1 is 0.377 bits per heavy atom. The van der Waals surface area contributed by atoms with Crippen molar-refractivity contribution in [1.82, 2.24) is 58.2 Å². The van der Waals surface area contributed by atoms with Crippen molar-refractivity contribution < 1.29 is 18.9 Å². The van der Waals surface area contributed by atoms with Crippen LogP contribution in [0.4, 0.5) is 17.6 Å². The fourth-order valence-corrected chi connectivity index (χ4v) is 15.1. The zero-order valence-electron chi connectivity index (χ0n) is 67.0. The third kappa shape index (κ3) is 24.3. The highest BCUT2D eigenvalue weighted by molar-refractivity contribution is 9.10. The quantitative estimate of drug-likeness (QED) is 0.0915. The molecule has 0 saturated heterocycles. The SMILES string of the molecule is BrCc1ccccc1.C#Cc1cccc(F)c1.Cl.Cl.O=c1c2ccc(Br)cc2nc2n1CCN(Cc1ccccc1)C2.O=c1c2ccc(Br)cc2nc2n1CCNC2.O=c1c2ccc(C#Cc3cccc(F)c3)cc2nc2n1CCN(Cc1ccccc1)C2.O=c1c2ccc(C#Cc3cccc(F)c3)cc2nc2n1CCN(Cc1ccccc1)C2.[2H]CF. The van der Waals surface area contributed by atoms with Gasteiger partial charge in [0, 0.05) is 114 Å². The number of aromatic nitrogens is 8. The van der Waals surface area contributed by atoms with Crippen LogP contribution in [-0.2, 0) is 77.3 Å². The van der Waals surface area contributed by atoms with E-state index in [9.17, 15) is 36.7 Å². The molecule has 0 atom stereocenters. The molecule has 1 N–H and O–H groups in total. The minimum absolute atomic E-state index is 0. The molecule has 15 aromatic rings. The molecule has 0 fully saturated rings. The number of benzene rings is 11. The van der Waals surface area contributed by atoms with Gasteiger partial charge < -0.3 is 5.32 Å². The van der Waals surface area contributed by atoms with Gasteiger partial charge in [-0.1, -0.05) is 217 Å². The van der Waals surface area contributed by atoms with Crippen LogP contribution in [0.2, 0.25) is 0 Å². The first kappa shape index (κ1) is 89.5. The van der Waals surface area contributed by atoms with E-state index >= 15 is 0 Å². The third-order valence-electron chi connectivity index (χ3n) is 20.0. The summed E-state index contributed by atoms with van der Waals surface area (Å²) in [5.41, 5.74) is 11.3. The summed E-state index contributed by atoms with van der Waals surface area (Å²) in [7, 11) is -1.00. The molecule has 25 heteroatoms. The highest BCUT2D eigenvalue weighted by Gasteiger charge is 2.24. The predicted octanol–water partition coefficient (Wildman–Crippen LogP) is 18.2. The van der Waals surface area contributed by atoms with Crippen molar-refractivity contribution in [2.45, 2.75) is 77.3 Å². The maximum atomic E-state index is 13.4. The second-order valence-corrected chi connectivity index (χ2v) is 30.7. The van der Waals surface area contributed by atoms with Gasteiger partial charge in [-0.2, -0.15) is 0 Å². The molecule has 11 aromatic carbocycles. The van der Waals surface area contributed by atoms with Crippen LogP contribution in [0.1, 0.15) is 74.7 Å². The lowest BCUT2D eigenvalue weighted by atomic mass is 10.1. The molecule has 0 amide bonds. The standard InChI is InChI=1S/2C26H20FN3O.C18H16BrN3O.C11H10BrN3O.C8H5F.C7H7Br.CH3F.2ClH/c2*27-22-8-4-7-19(15-22)9-10-20-11-12-23-24(16-20)28-25-18-29(13-14-30(25)26(23)31)17-21-5-2-1-3-6-21;19-14-6-7-15-16(10-14)20-17-12-21(8-9-22(17)18(15)23)11-13-4-2-1-3-5-13;12-7-1-2-8-9(5-7)14-10-6-13-3-4-15(10)11(8)16;1-2-7-4-3-5-8(9)6-7;8-6-7-4-2-1-3-5-7;1-2;;/h2*1-8,11-12,15-16H,13-14,17-18H2;1-7,10H,8-9,11-12H2;1-2,5,13H,3-4,6H2;1,3-6H;1-5H,6H2;1H3;2*1H/i;;;;;;1D;;. The first-order valence-electron chi connectivity index (χ1n) is 39.3. The van der Waals surface area contributed by atoms with Crippen molar-refractivity contribution in [3.63, 3.8) is 0 Å². The predicted molar refractivity (Wildman–Crippen MR) is 492 cm³/mol. The zero-order chi connectivity index (χ0) is 84.6. The van der Waals surface area contributed by atoms with Gasteiger partial charge in [0.2, 0.25) is 0 Å². The van der Waals surface area contributed by atoms with E-state index in [4.69, 9.17) is 22.7 Å². The van der Waals surface area contributed by atoms with Gasteiger partial charge >= 0.3 is 0 Å². The molecule has 4 aliphatic rings. The minimum atomic E-state index is -1.00. The molecule has 0 unspecified atom stereocenters. The Balaban J connectivity index is 0.000000150. The van der Waals surface area contributed by atoms with Crippen LogP contribution in [0.15, 0.2) is 295 Å². The van der Waals surface area contributed by atoms with Gasteiger partial charge in [-0.05, 0) is 150 Å². The van der Waals surface area contributed by atoms with Gasteiger partial charge in [0.25, 0.3) is 22.2 Å². The summed E-state index contributed by atoms with van der Waals surface area (Å²) in [6, 6.07) is 81.7. The lowest BCUT2D eigenvalue weighted by molar-refractivity contribution is 0.204. The van der Waals surface area contributed by atoms with Crippen LogP contribution >= 0.6 is 72.6 Å². The van der Waals surface area contributed by atoms with E-state index in [1.54, 1.807) is 62.2 Å². The van der Waals surface area contributed by atoms with Crippen LogP contribution in [0.3, 0.4) is 0 Å². The minimum Gasteiger partial charge on any atom is -0.308 e. The van der Waals surface area contributed by atoms with Gasteiger partial charge in [-0.3, -0.25) is 56.5 Å². The van der Waals surface area contributed by atoms with Crippen LogP contribution in [0.5, 0.6) is 0 Å². The molecule has 0 radical (unpaired) electrons. The maximum absolute atomic E-state index is 13.4. The fraction of sp³-hybridized carbons (Fsp3) is 0.175. The Bertz CT molecular complexity index is 6420. The first-order chi connectivity index (χ1) is 58.9. The number of hydrogen-bond acceptors (Lipinski definition) is 12. The summed E-state index contributed by atoms with van der Waals surface area (Å²) >= 11 is 10.2. The van der Waals surface area contributed by atoms with E-state index in [0.29, 0.717) is 102 Å². The van der Waals surface area contributed by atoms with E-state index in [0.717, 1.165) is 106 Å². The Hall–Kier alpha value is -11.8. The number of terminal acetylenes is 1. The molecule has 4 aliphatic heterocycles. The highest BCUT2D eigenvalue weighted by atomic mass is 79.9. The van der Waals surface area contributed by atoms with Crippen molar-refractivity contribution in [2.75, 3.05) is 33.3 Å². The lowest BCUT2D eigenvalue weighted by Crippen LogP contribution is -2.39. The molecule has 0 saturated carbocycles. The summed E-state index contributed by atoms with van der Waals surface area (Å²) in [5.74, 6) is 16.7. The van der Waals surface area contributed by atoms with Crippen molar-refractivity contribution in [2.24, 2.45) is 0 Å². The summed E-state index contributed by atoms with van der Waals surface area (Å²) in [6.07, 6.45) is 5.00. The van der Waals surface area contributed by atoms with Crippen molar-refractivity contribution >= 4 is 116 Å². The molecular weight excluding hydrogens is 1780 g/mol. The van der Waals surface area contributed by atoms with Gasteiger partial charge in [0.1, 0.15) is 40.7 Å². The van der Waals surface area contributed by atoms with Crippen LogP contribution < -0.4 is 27.6 Å². The van der Waals surface area contributed by atoms with Crippen molar-refractivity contribution in [1.29, 1.82) is 0 Å². The number of hydrogen-bond donors (Lipinski definition) is 1. The van der Waals surface area contributed by atoms with Gasteiger partial charge in [0.15, 0.2) is 0 Å². The number of fused-ring (bicyclic) bond motifs is 8. The topological polar surface area (TPSA) is 161 Å². The largest absolute Gasteiger partial charge is 0.308 e. The van der Waals surface area contributed by atoms with Crippen molar-refractivity contribution in [3.8, 4) is 36.0 Å². The maximum Gasteiger partial charge on any atom is 0.261 e. The second-order valence-electron chi connectivity index (χ2n) is 28.3. The smallest absolute Gasteiger partial charge is 0.261 e. The van der Waals surface area contributed by atoms with E-state index in [1.807, 2.05) is 126 Å². The number of alkyl halides is 2. The molecule has 122 heavy (non-hydrogen) atoms. The van der Waals surface area contributed by atoms with Gasteiger partial charge in [0.05, 0.1) is 78.3 Å². The molecule has 19 rings (SSSR count). The van der Waals surface area contributed by atoms with Crippen LogP contribution in [0.25, 0.3) is 43.6 Å². The number of halogens is 9. The second kappa shape index (κ2) is 44.7. The molecule has 0 aliphatic carbocycles. The van der Waals surface area contributed by atoms with E-state index < -0.39 is 7.15 Å². The zero-order valence-corrected chi connectivity index (χ0v) is 72.4. The van der Waals surface area contributed by atoms with Crippen LogP contribution in [-0.4, -0.2) is 86.2 Å². The van der Waals surface area contributed by atoms with E-state index in [1.165, 1.54) is 58.7 Å².